The van der Waals surface area contributed by atoms with Crippen LogP contribution in [0.3, 0.4) is 0 Å². The minimum Gasteiger partial charge on any atom is -0.348 e. The van der Waals surface area contributed by atoms with Crippen LogP contribution in [0.4, 0.5) is 0 Å². The fourth-order valence-corrected chi connectivity index (χ4v) is 3.51. The number of carbonyl (C=O) groups is 1. The molecule has 2 atom stereocenters. The van der Waals surface area contributed by atoms with Crippen LogP contribution in [0.5, 0.6) is 0 Å². The smallest absolute Gasteiger partial charge is 0.242 e. The van der Waals surface area contributed by atoms with Gasteiger partial charge in [-0.1, -0.05) is 18.6 Å². The van der Waals surface area contributed by atoms with Crippen molar-refractivity contribution < 1.29 is 13.2 Å². The molecule has 0 bridgehead atoms. The van der Waals surface area contributed by atoms with E-state index in [2.05, 4.69) is 10.6 Å². The van der Waals surface area contributed by atoms with Gasteiger partial charge in [0.25, 0.3) is 0 Å². The highest BCUT2D eigenvalue weighted by molar-refractivity contribution is 7.89. The first-order valence-electron chi connectivity index (χ1n) is 7.88. The number of hydrogen-bond acceptors (Lipinski definition) is 4. The molecule has 1 aliphatic rings. The van der Waals surface area contributed by atoms with Crippen LogP contribution >= 0.6 is 12.4 Å². The maximum Gasteiger partial charge on any atom is 0.242 e. The number of halogens is 1. The van der Waals surface area contributed by atoms with Gasteiger partial charge in [0.15, 0.2) is 0 Å². The lowest BCUT2D eigenvalue weighted by Crippen LogP contribution is -2.47. The fraction of sp³-hybridized carbons (Fsp3) is 0.562. The third kappa shape index (κ3) is 4.92. The second-order valence-corrected chi connectivity index (χ2v) is 8.24. The quantitative estimate of drug-likeness (QED) is 0.820. The van der Waals surface area contributed by atoms with Crippen LogP contribution in [0.1, 0.15) is 37.8 Å². The summed E-state index contributed by atoms with van der Waals surface area (Å²) in [5.41, 5.74) is 0.881. The highest BCUT2D eigenvalue weighted by Gasteiger charge is 2.22. The summed E-state index contributed by atoms with van der Waals surface area (Å²) in [6.07, 6.45) is 3.04. The third-order valence-electron chi connectivity index (χ3n) is 4.14. The van der Waals surface area contributed by atoms with Gasteiger partial charge in [-0.25, -0.2) is 12.7 Å². The second-order valence-electron chi connectivity index (χ2n) is 6.09. The Morgan fingerprint density at radius 3 is 2.38 bits per heavy atom. The molecule has 0 radical (unpaired) electrons. The van der Waals surface area contributed by atoms with Crippen LogP contribution in [0, 0.1) is 0 Å². The van der Waals surface area contributed by atoms with Gasteiger partial charge >= 0.3 is 0 Å². The minimum absolute atomic E-state index is 0. The minimum atomic E-state index is -3.42. The van der Waals surface area contributed by atoms with Crippen molar-refractivity contribution in [1.29, 1.82) is 0 Å². The molecule has 2 rings (SSSR count). The van der Waals surface area contributed by atoms with E-state index in [0.717, 1.165) is 31.4 Å². The van der Waals surface area contributed by atoms with Crippen LogP contribution in [0.2, 0.25) is 0 Å². The number of nitrogens with zero attached hydrogens (tertiary/aromatic N) is 1. The molecule has 1 saturated heterocycles. The van der Waals surface area contributed by atoms with E-state index in [0.29, 0.717) is 0 Å². The molecule has 0 spiro atoms. The Labute approximate surface area is 150 Å². The zero-order valence-corrected chi connectivity index (χ0v) is 15.9. The van der Waals surface area contributed by atoms with Crippen molar-refractivity contribution in [3.05, 3.63) is 29.8 Å². The maximum absolute atomic E-state index is 12.2. The number of amides is 1. The van der Waals surface area contributed by atoms with Gasteiger partial charge in [0, 0.05) is 14.1 Å². The molecule has 1 heterocycles. The summed E-state index contributed by atoms with van der Waals surface area (Å²) >= 11 is 0. The van der Waals surface area contributed by atoms with E-state index in [-0.39, 0.29) is 35.3 Å². The van der Waals surface area contributed by atoms with Crippen molar-refractivity contribution in [2.75, 3.05) is 20.6 Å². The number of benzene rings is 1. The van der Waals surface area contributed by atoms with E-state index in [9.17, 15) is 13.2 Å². The molecule has 1 aromatic carbocycles. The summed E-state index contributed by atoms with van der Waals surface area (Å²) in [5, 5.41) is 6.21. The van der Waals surface area contributed by atoms with E-state index in [1.807, 2.05) is 6.92 Å². The predicted octanol–water partition coefficient (Wildman–Crippen LogP) is 1.68. The maximum atomic E-state index is 12.2. The van der Waals surface area contributed by atoms with Crippen molar-refractivity contribution in [3.63, 3.8) is 0 Å². The molecule has 1 aliphatic heterocycles. The summed E-state index contributed by atoms with van der Waals surface area (Å²) in [5.74, 6) is 0.00203. The normalized spacial score (nSPS) is 19.4. The van der Waals surface area contributed by atoms with Crippen molar-refractivity contribution in [1.82, 2.24) is 14.9 Å². The van der Waals surface area contributed by atoms with Gasteiger partial charge in [0.2, 0.25) is 15.9 Å². The molecule has 2 unspecified atom stereocenters. The molecule has 0 aromatic heterocycles. The number of piperidine rings is 1. The zero-order chi connectivity index (χ0) is 17.0. The molecule has 1 fully saturated rings. The van der Waals surface area contributed by atoms with Crippen molar-refractivity contribution in [2.45, 2.75) is 43.2 Å². The Morgan fingerprint density at radius 2 is 1.88 bits per heavy atom. The first-order valence-corrected chi connectivity index (χ1v) is 9.32. The van der Waals surface area contributed by atoms with E-state index < -0.39 is 10.0 Å². The Kier molecular flexibility index (Phi) is 7.66. The molecule has 24 heavy (non-hydrogen) atoms. The lowest BCUT2D eigenvalue weighted by Gasteiger charge is -2.24. The van der Waals surface area contributed by atoms with Crippen LogP contribution in [0.25, 0.3) is 0 Å². The summed E-state index contributed by atoms with van der Waals surface area (Å²) < 4.78 is 25.3. The Morgan fingerprint density at radius 1 is 1.25 bits per heavy atom. The van der Waals surface area contributed by atoms with Crippen LogP contribution in [-0.2, 0) is 14.8 Å². The average Bonchev–Trinajstić information content (AvgIpc) is 2.55. The van der Waals surface area contributed by atoms with E-state index in [1.54, 1.807) is 24.3 Å². The number of sulfonamides is 1. The number of carbonyl (C=O) groups excluding carboxylic acids is 1. The molecule has 6 nitrogen and oxygen atoms in total. The third-order valence-corrected chi connectivity index (χ3v) is 5.97. The Bertz CT molecular complexity index is 641. The van der Waals surface area contributed by atoms with Crippen LogP contribution in [-0.4, -0.2) is 45.3 Å². The monoisotopic (exact) mass is 375 g/mol. The molecule has 2 N–H and O–H groups in total. The number of nitrogens with one attached hydrogen (secondary N) is 2. The van der Waals surface area contributed by atoms with E-state index in [1.165, 1.54) is 18.4 Å². The van der Waals surface area contributed by atoms with Crippen molar-refractivity contribution >= 4 is 28.3 Å². The summed E-state index contributed by atoms with van der Waals surface area (Å²) in [6, 6.07) is 6.35. The number of hydrogen-bond donors (Lipinski definition) is 2. The summed E-state index contributed by atoms with van der Waals surface area (Å²) in [4.78, 5) is 12.5. The lowest BCUT2D eigenvalue weighted by atomic mass is 10.0. The van der Waals surface area contributed by atoms with Gasteiger partial charge in [-0.05, 0) is 44.0 Å². The number of rotatable bonds is 5. The first-order chi connectivity index (χ1) is 10.8. The lowest BCUT2D eigenvalue weighted by molar-refractivity contribution is -0.124. The highest BCUT2D eigenvalue weighted by Crippen LogP contribution is 2.18. The SMILES string of the molecule is CC(NC(=O)C1CCCCN1)c1ccc(S(=O)(=O)N(C)C)cc1.Cl. The molecule has 8 heteroatoms. The predicted molar refractivity (Wildman–Crippen MR) is 96.8 cm³/mol. The molecular weight excluding hydrogens is 350 g/mol. The van der Waals surface area contributed by atoms with Gasteiger partial charge < -0.3 is 10.6 Å². The van der Waals surface area contributed by atoms with Gasteiger partial charge in [-0.2, -0.15) is 0 Å². The molecule has 0 aliphatic carbocycles. The topological polar surface area (TPSA) is 78.5 Å². The average molecular weight is 376 g/mol. The second kappa shape index (κ2) is 8.80. The Balaban J connectivity index is 0.00000288. The van der Waals surface area contributed by atoms with E-state index >= 15 is 0 Å². The highest BCUT2D eigenvalue weighted by atomic mass is 35.5. The molecule has 0 saturated carbocycles. The van der Waals surface area contributed by atoms with Gasteiger partial charge in [-0.3, -0.25) is 4.79 Å². The summed E-state index contributed by atoms with van der Waals surface area (Å²) in [6.45, 7) is 2.78. The first kappa shape index (κ1) is 20.9. The molecule has 1 amide bonds. The van der Waals surface area contributed by atoms with Crippen molar-refractivity contribution in [2.24, 2.45) is 0 Å². The largest absolute Gasteiger partial charge is 0.348 e. The van der Waals surface area contributed by atoms with E-state index in [4.69, 9.17) is 0 Å². The van der Waals surface area contributed by atoms with Crippen LogP contribution in [0.15, 0.2) is 29.2 Å². The van der Waals surface area contributed by atoms with Gasteiger partial charge in [0.1, 0.15) is 0 Å². The van der Waals surface area contributed by atoms with Crippen LogP contribution < -0.4 is 10.6 Å². The zero-order valence-electron chi connectivity index (χ0n) is 14.3. The molecule has 136 valence electrons. The molecular formula is C16H26ClN3O3S. The van der Waals surface area contributed by atoms with Gasteiger partial charge in [0.05, 0.1) is 17.0 Å². The van der Waals surface area contributed by atoms with Crippen molar-refractivity contribution in [3.8, 4) is 0 Å². The Hall–Kier alpha value is -1.15. The summed E-state index contributed by atoms with van der Waals surface area (Å²) in [7, 11) is -0.417. The molecule has 1 aromatic rings. The standard InChI is InChI=1S/C16H25N3O3S.ClH/c1-12(18-16(20)15-6-4-5-11-17-15)13-7-9-14(10-8-13)23(21,22)19(2)3;/h7-10,12,15,17H,4-6,11H2,1-3H3,(H,18,20);1H. The van der Waals surface area contributed by atoms with Gasteiger partial charge in [-0.15, -0.1) is 12.4 Å². The fourth-order valence-electron chi connectivity index (χ4n) is 2.61.